The van der Waals surface area contributed by atoms with E-state index in [2.05, 4.69) is 18.3 Å². The van der Waals surface area contributed by atoms with E-state index >= 15 is 0 Å². The number of halogens is 2. The zero-order valence-electron chi connectivity index (χ0n) is 19.0. The first kappa shape index (κ1) is 26.6. The van der Waals surface area contributed by atoms with Crippen molar-refractivity contribution in [3.8, 4) is 0 Å². The third-order valence-electron chi connectivity index (χ3n) is 5.18. The number of aryl methyl sites for hydroxylation is 1. The number of thioether (sulfide) groups is 1. The summed E-state index contributed by atoms with van der Waals surface area (Å²) in [7, 11) is 0. The van der Waals surface area contributed by atoms with Crippen LogP contribution in [0.5, 0.6) is 0 Å². The molecule has 7 heteroatoms. The maximum absolute atomic E-state index is 13.3. The molecule has 174 valence electrons. The van der Waals surface area contributed by atoms with E-state index in [1.807, 2.05) is 32.0 Å². The van der Waals surface area contributed by atoms with Crippen LogP contribution in [0.1, 0.15) is 49.8 Å². The molecule has 4 nitrogen and oxygen atoms in total. The van der Waals surface area contributed by atoms with Crippen LogP contribution in [0.3, 0.4) is 0 Å². The van der Waals surface area contributed by atoms with Crippen molar-refractivity contribution in [2.45, 2.75) is 58.4 Å². The lowest BCUT2D eigenvalue weighted by Gasteiger charge is -2.30. The minimum absolute atomic E-state index is 0.0721. The Hall–Kier alpha value is -1.69. The Balaban J connectivity index is 2.14. The van der Waals surface area contributed by atoms with Crippen LogP contribution in [0, 0.1) is 6.92 Å². The minimum atomic E-state index is -0.510. The lowest BCUT2D eigenvalue weighted by molar-refractivity contribution is -0.139. The van der Waals surface area contributed by atoms with E-state index in [0.717, 1.165) is 29.5 Å². The number of hydrogen-bond donors (Lipinski definition) is 1. The highest BCUT2D eigenvalue weighted by molar-refractivity contribution is 7.99. The first-order valence-corrected chi connectivity index (χ1v) is 12.9. The average molecular weight is 496 g/mol. The van der Waals surface area contributed by atoms with Crippen molar-refractivity contribution in [2.75, 3.05) is 12.3 Å². The van der Waals surface area contributed by atoms with Crippen molar-refractivity contribution in [1.82, 2.24) is 10.2 Å². The van der Waals surface area contributed by atoms with Crippen molar-refractivity contribution < 1.29 is 9.59 Å². The summed E-state index contributed by atoms with van der Waals surface area (Å²) in [5, 5.41) is 4.18. The monoisotopic (exact) mass is 494 g/mol. The molecule has 2 aromatic carbocycles. The van der Waals surface area contributed by atoms with Crippen LogP contribution in [0.4, 0.5) is 0 Å². The number of nitrogens with one attached hydrogen (secondary N) is 1. The first-order valence-electron chi connectivity index (χ1n) is 11.0. The van der Waals surface area contributed by atoms with Crippen LogP contribution in [0.25, 0.3) is 0 Å². The van der Waals surface area contributed by atoms with Gasteiger partial charge >= 0.3 is 0 Å². The van der Waals surface area contributed by atoms with E-state index < -0.39 is 6.04 Å². The third-order valence-corrected chi connectivity index (χ3v) is 6.84. The molecule has 0 aliphatic heterocycles. The number of unbranched alkanes of at least 4 members (excludes halogenated alkanes) is 1. The molecule has 1 N–H and O–H groups in total. The number of nitrogens with zero attached hydrogens (tertiary/aromatic N) is 1. The molecular formula is C25H32Cl2N2O2S. The second kappa shape index (κ2) is 13.8. The number of rotatable bonds is 12. The zero-order valence-corrected chi connectivity index (χ0v) is 21.3. The van der Waals surface area contributed by atoms with Crippen LogP contribution in [-0.4, -0.2) is 35.1 Å². The smallest absolute Gasteiger partial charge is 0.242 e. The van der Waals surface area contributed by atoms with Gasteiger partial charge in [0, 0.05) is 28.9 Å². The molecule has 1 unspecified atom stereocenters. The molecule has 2 rings (SSSR count). The molecule has 0 saturated heterocycles. The highest BCUT2D eigenvalue weighted by Gasteiger charge is 2.28. The van der Waals surface area contributed by atoms with E-state index in [1.54, 1.807) is 23.1 Å². The van der Waals surface area contributed by atoms with E-state index in [4.69, 9.17) is 23.2 Å². The fourth-order valence-electron chi connectivity index (χ4n) is 3.43. The van der Waals surface area contributed by atoms with Crippen LogP contribution in [-0.2, 0) is 21.9 Å². The number of carbonyl (C=O) groups excluding carboxylic acids is 2. The van der Waals surface area contributed by atoms with Gasteiger partial charge in [0.15, 0.2) is 0 Å². The predicted octanol–water partition coefficient (Wildman–Crippen LogP) is 6.26. The largest absolute Gasteiger partial charge is 0.354 e. The SMILES string of the molecule is CCCCNC(=O)C(CC)N(Cc1cccc(C)c1)C(=O)CSCc1c(Cl)cccc1Cl. The van der Waals surface area contributed by atoms with Gasteiger partial charge in [-0.3, -0.25) is 9.59 Å². The highest BCUT2D eigenvalue weighted by Crippen LogP contribution is 2.28. The van der Waals surface area contributed by atoms with Gasteiger partial charge in [-0.2, -0.15) is 0 Å². The molecule has 0 aromatic heterocycles. The molecule has 0 saturated carbocycles. The number of benzene rings is 2. The fraction of sp³-hybridized carbons (Fsp3) is 0.440. The van der Waals surface area contributed by atoms with E-state index in [0.29, 0.717) is 35.3 Å². The molecular weight excluding hydrogens is 463 g/mol. The maximum atomic E-state index is 13.3. The Labute approximate surface area is 206 Å². The summed E-state index contributed by atoms with van der Waals surface area (Å²) in [4.78, 5) is 27.9. The molecule has 0 bridgehead atoms. The summed E-state index contributed by atoms with van der Waals surface area (Å²) in [6, 6.07) is 12.9. The normalized spacial score (nSPS) is 11.8. The Morgan fingerprint density at radius 3 is 2.41 bits per heavy atom. The van der Waals surface area contributed by atoms with Gasteiger partial charge in [0.2, 0.25) is 11.8 Å². The maximum Gasteiger partial charge on any atom is 0.242 e. The Bertz CT molecular complexity index is 887. The minimum Gasteiger partial charge on any atom is -0.354 e. The summed E-state index contributed by atoms with van der Waals surface area (Å²) in [5.74, 6) is 0.604. The molecule has 1 atom stereocenters. The van der Waals surface area contributed by atoms with Gasteiger partial charge in [-0.05, 0) is 43.0 Å². The van der Waals surface area contributed by atoms with Gasteiger partial charge in [-0.25, -0.2) is 0 Å². The summed E-state index contributed by atoms with van der Waals surface area (Å²) in [5.41, 5.74) is 2.96. The van der Waals surface area contributed by atoms with Gasteiger partial charge in [-0.15, -0.1) is 11.8 Å². The topological polar surface area (TPSA) is 49.4 Å². The van der Waals surface area contributed by atoms with Gasteiger partial charge in [0.1, 0.15) is 6.04 Å². The molecule has 0 heterocycles. The molecule has 2 amide bonds. The van der Waals surface area contributed by atoms with Crippen molar-refractivity contribution >= 4 is 46.8 Å². The van der Waals surface area contributed by atoms with Crippen LogP contribution in [0.15, 0.2) is 42.5 Å². The second-order valence-electron chi connectivity index (χ2n) is 7.77. The first-order chi connectivity index (χ1) is 15.4. The molecule has 32 heavy (non-hydrogen) atoms. The van der Waals surface area contributed by atoms with E-state index in [9.17, 15) is 9.59 Å². The molecule has 0 fully saturated rings. The molecule has 0 radical (unpaired) electrons. The Kier molecular flexibility index (Phi) is 11.4. The van der Waals surface area contributed by atoms with Crippen molar-refractivity contribution in [3.05, 3.63) is 69.2 Å². The lowest BCUT2D eigenvalue weighted by Crippen LogP contribution is -2.49. The quantitative estimate of drug-likeness (QED) is 0.354. The van der Waals surface area contributed by atoms with E-state index in [1.165, 1.54) is 11.8 Å². The molecule has 0 spiro atoms. The summed E-state index contributed by atoms with van der Waals surface area (Å²) in [6.45, 7) is 7.07. The standard InChI is InChI=1S/C25H32Cl2N2O2S/c1-4-6-13-28-25(31)23(5-2)29(15-19-10-7-9-18(3)14-19)24(30)17-32-16-20-21(26)11-8-12-22(20)27/h7-12,14,23H,4-6,13,15-17H2,1-3H3,(H,28,31). The Morgan fingerprint density at radius 1 is 1.09 bits per heavy atom. The lowest BCUT2D eigenvalue weighted by atomic mass is 10.1. The number of hydrogen-bond acceptors (Lipinski definition) is 3. The molecule has 0 aliphatic carbocycles. The number of carbonyl (C=O) groups is 2. The average Bonchev–Trinajstić information content (AvgIpc) is 2.75. The van der Waals surface area contributed by atoms with Crippen LogP contribution < -0.4 is 5.32 Å². The highest BCUT2D eigenvalue weighted by atomic mass is 35.5. The molecule has 2 aromatic rings. The van der Waals surface area contributed by atoms with Crippen molar-refractivity contribution in [2.24, 2.45) is 0 Å². The van der Waals surface area contributed by atoms with Gasteiger partial charge in [0.25, 0.3) is 0 Å². The van der Waals surface area contributed by atoms with Crippen LogP contribution in [0.2, 0.25) is 10.0 Å². The summed E-state index contributed by atoms with van der Waals surface area (Å²) >= 11 is 14.0. The second-order valence-corrected chi connectivity index (χ2v) is 9.57. The predicted molar refractivity (Wildman–Crippen MR) is 136 cm³/mol. The van der Waals surface area contributed by atoms with Gasteiger partial charge in [0.05, 0.1) is 5.75 Å². The van der Waals surface area contributed by atoms with Crippen LogP contribution >= 0.6 is 35.0 Å². The zero-order chi connectivity index (χ0) is 23.5. The number of amides is 2. The van der Waals surface area contributed by atoms with E-state index in [-0.39, 0.29) is 17.6 Å². The van der Waals surface area contributed by atoms with Gasteiger partial charge < -0.3 is 10.2 Å². The summed E-state index contributed by atoms with van der Waals surface area (Å²) < 4.78 is 0. The van der Waals surface area contributed by atoms with Crippen molar-refractivity contribution in [1.29, 1.82) is 0 Å². The van der Waals surface area contributed by atoms with Crippen molar-refractivity contribution in [3.63, 3.8) is 0 Å². The molecule has 0 aliphatic rings. The third kappa shape index (κ3) is 8.02. The Morgan fingerprint density at radius 2 is 1.78 bits per heavy atom. The fourth-order valence-corrected chi connectivity index (χ4v) is 5.07. The summed E-state index contributed by atoms with van der Waals surface area (Å²) in [6.07, 6.45) is 2.48. The van der Waals surface area contributed by atoms with Gasteiger partial charge in [-0.1, -0.05) is 79.4 Å².